The first-order valence-corrected chi connectivity index (χ1v) is 8.91. The van der Waals surface area contributed by atoms with Gasteiger partial charge in [-0.3, -0.25) is 4.90 Å². The molecule has 4 rings (SSSR count). The molecule has 0 spiro atoms. The smallest absolute Gasteiger partial charge is 0.321 e. The van der Waals surface area contributed by atoms with Crippen molar-refractivity contribution in [2.75, 3.05) is 35.3 Å². The molecule has 2 amide bonds. The third kappa shape index (κ3) is 3.30. The van der Waals surface area contributed by atoms with Crippen LogP contribution in [0.15, 0.2) is 36.5 Å². The Bertz CT molecular complexity index is 800. The number of aromatic nitrogens is 1. The number of carbonyl (C=O) groups excluding carboxylic acids is 1. The van der Waals surface area contributed by atoms with Gasteiger partial charge in [-0.15, -0.1) is 0 Å². The molecule has 7 nitrogen and oxygen atoms in total. The number of piperidine rings is 1. The summed E-state index contributed by atoms with van der Waals surface area (Å²) in [5.41, 5.74) is 3.98. The van der Waals surface area contributed by atoms with Gasteiger partial charge in [0, 0.05) is 55.9 Å². The van der Waals surface area contributed by atoms with Crippen molar-refractivity contribution in [3.8, 4) is 0 Å². The van der Waals surface area contributed by atoms with Crippen molar-refractivity contribution in [2.45, 2.75) is 25.5 Å². The van der Waals surface area contributed by atoms with Crippen LogP contribution in [0, 0.1) is 0 Å². The topological polar surface area (TPSA) is 80.7 Å². The van der Waals surface area contributed by atoms with E-state index in [-0.39, 0.29) is 12.1 Å². The van der Waals surface area contributed by atoms with Gasteiger partial charge in [0.1, 0.15) is 5.82 Å². The Kier molecular flexibility index (Phi) is 4.38. The molecule has 2 aliphatic heterocycles. The highest BCUT2D eigenvalue weighted by Gasteiger charge is 2.21. The lowest BCUT2D eigenvalue weighted by atomic mass is 10.1. The fourth-order valence-corrected chi connectivity index (χ4v) is 3.42. The summed E-state index contributed by atoms with van der Waals surface area (Å²) in [5, 5.41) is 15.7. The van der Waals surface area contributed by atoms with Gasteiger partial charge in [0.25, 0.3) is 0 Å². The number of fused-ring (bicyclic) bond motifs is 1. The quantitative estimate of drug-likeness (QED) is 0.790. The Labute approximate surface area is 152 Å². The molecule has 26 heavy (non-hydrogen) atoms. The van der Waals surface area contributed by atoms with Crippen LogP contribution in [0.1, 0.15) is 18.4 Å². The zero-order chi connectivity index (χ0) is 18.1. The Hall–Kier alpha value is -2.80. The van der Waals surface area contributed by atoms with Crippen molar-refractivity contribution in [1.82, 2.24) is 10.3 Å². The molecule has 3 N–H and O–H groups in total. The molecule has 2 aliphatic rings. The van der Waals surface area contributed by atoms with Crippen LogP contribution in [-0.4, -0.2) is 42.4 Å². The maximum atomic E-state index is 11.8. The van der Waals surface area contributed by atoms with E-state index >= 15 is 0 Å². The maximum Gasteiger partial charge on any atom is 0.321 e. The largest absolute Gasteiger partial charge is 0.393 e. The fourth-order valence-electron chi connectivity index (χ4n) is 3.42. The second kappa shape index (κ2) is 6.84. The summed E-state index contributed by atoms with van der Waals surface area (Å²) in [4.78, 5) is 20.1. The molecule has 0 atom stereocenters. The van der Waals surface area contributed by atoms with Gasteiger partial charge < -0.3 is 20.6 Å². The molecule has 1 saturated heterocycles. The Morgan fingerprint density at radius 1 is 1.23 bits per heavy atom. The Morgan fingerprint density at radius 2 is 1.96 bits per heavy atom. The van der Waals surface area contributed by atoms with Crippen molar-refractivity contribution in [1.29, 1.82) is 0 Å². The zero-order valence-corrected chi connectivity index (χ0v) is 14.8. The van der Waals surface area contributed by atoms with E-state index in [0.29, 0.717) is 12.4 Å². The van der Waals surface area contributed by atoms with Gasteiger partial charge >= 0.3 is 6.03 Å². The molecule has 1 fully saturated rings. The normalized spacial score (nSPS) is 17.7. The first-order chi connectivity index (χ1) is 12.6. The van der Waals surface area contributed by atoms with E-state index in [1.165, 1.54) is 0 Å². The highest BCUT2D eigenvalue weighted by molar-refractivity contribution is 5.94. The number of hydrogen-bond acceptors (Lipinski definition) is 5. The number of amides is 2. The second-order valence-corrected chi connectivity index (χ2v) is 6.81. The lowest BCUT2D eigenvalue weighted by Crippen LogP contribution is -2.41. The third-order valence-electron chi connectivity index (χ3n) is 5.03. The Balaban J connectivity index is 1.47. The summed E-state index contributed by atoms with van der Waals surface area (Å²) in [5.74, 6) is 0.708. The van der Waals surface area contributed by atoms with E-state index in [1.54, 1.807) is 18.1 Å². The van der Waals surface area contributed by atoms with Gasteiger partial charge in [0.2, 0.25) is 0 Å². The molecule has 0 radical (unpaired) electrons. The molecule has 2 aromatic rings. The highest BCUT2D eigenvalue weighted by atomic mass is 16.3. The standard InChI is InChI=1S/C19H23N5O2/c1-23-17-10-18(20-11-13(17)12-21-19(23)26)22-14-2-4-15(5-3-14)24-8-6-16(25)7-9-24/h2-5,10-11,16,25H,6-9,12H2,1H3,(H,20,22)(H,21,26). The number of rotatable bonds is 3. The first-order valence-electron chi connectivity index (χ1n) is 8.91. The van der Waals surface area contributed by atoms with Crippen molar-refractivity contribution in [3.05, 3.63) is 42.1 Å². The summed E-state index contributed by atoms with van der Waals surface area (Å²) in [6, 6.07) is 10.0. The first kappa shape index (κ1) is 16.7. The number of urea groups is 1. The van der Waals surface area contributed by atoms with Gasteiger partial charge in [-0.05, 0) is 37.1 Å². The summed E-state index contributed by atoms with van der Waals surface area (Å²) >= 11 is 0. The fraction of sp³-hybridized carbons (Fsp3) is 0.368. The molecule has 0 aliphatic carbocycles. The van der Waals surface area contributed by atoms with E-state index in [9.17, 15) is 9.90 Å². The molecule has 7 heteroatoms. The SMILES string of the molecule is CN1C(=O)NCc2cnc(Nc3ccc(N4CCC(O)CC4)cc3)cc21. The average Bonchev–Trinajstić information content (AvgIpc) is 2.66. The zero-order valence-electron chi connectivity index (χ0n) is 14.8. The van der Waals surface area contributed by atoms with Crippen LogP contribution in [0.2, 0.25) is 0 Å². The average molecular weight is 353 g/mol. The summed E-state index contributed by atoms with van der Waals surface area (Å²) in [6.07, 6.45) is 3.27. The van der Waals surface area contributed by atoms with Gasteiger partial charge in [0.05, 0.1) is 11.8 Å². The van der Waals surface area contributed by atoms with Crippen LogP contribution in [0.3, 0.4) is 0 Å². The highest BCUT2D eigenvalue weighted by Crippen LogP contribution is 2.28. The van der Waals surface area contributed by atoms with Crippen LogP contribution in [0.4, 0.5) is 27.7 Å². The van der Waals surface area contributed by atoms with E-state index in [0.717, 1.165) is 48.6 Å². The predicted octanol–water partition coefficient (Wildman–Crippen LogP) is 2.45. The van der Waals surface area contributed by atoms with Gasteiger partial charge in [-0.2, -0.15) is 0 Å². The molecule has 0 unspecified atom stereocenters. The molecular formula is C19H23N5O2. The molecule has 1 aromatic carbocycles. The number of hydrogen-bond donors (Lipinski definition) is 3. The van der Waals surface area contributed by atoms with Crippen LogP contribution < -0.4 is 20.4 Å². The van der Waals surface area contributed by atoms with Gasteiger partial charge in [0.15, 0.2) is 0 Å². The molecule has 0 saturated carbocycles. The maximum absolute atomic E-state index is 11.8. The Morgan fingerprint density at radius 3 is 2.69 bits per heavy atom. The molecule has 3 heterocycles. The minimum Gasteiger partial charge on any atom is -0.393 e. The number of aliphatic hydroxyl groups excluding tert-OH is 1. The van der Waals surface area contributed by atoms with Gasteiger partial charge in [-0.1, -0.05) is 0 Å². The van der Waals surface area contributed by atoms with Crippen LogP contribution in [0.25, 0.3) is 0 Å². The number of nitrogens with zero attached hydrogens (tertiary/aromatic N) is 3. The number of benzene rings is 1. The summed E-state index contributed by atoms with van der Waals surface area (Å²) < 4.78 is 0. The summed E-state index contributed by atoms with van der Waals surface area (Å²) in [6.45, 7) is 2.27. The molecular weight excluding hydrogens is 330 g/mol. The lowest BCUT2D eigenvalue weighted by molar-refractivity contribution is 0.145. The molecule has 136 valence electrons. The van der Waals surface area contributed by atoms with E-state index in [1.807, 2.05) is 18.2 Å². The summed E-state index contributed by atoms with van der Waals surface area (Å²) in [7, 11) is 1.75. The number of nitrogens with one attached hydrogen (secondary N) is 2. The molecule has 1 aromatic heterocycles. The van der Waals surface area contributed by atoms with E-state index in [2.05, 4.69) is 32.7 Å². The monoisotopic (exact) mass is 353 g/mol. The van der Waals surface area contributed by atoms with Crippen molar-refractivity contribution >= 4 is 28.9 Å². The lowest BCUT2D eigenvalue weighted by Gasteiger charge is -2.31. The van der Waals surface area contributed by atoms with Crippen LogP contribution in [0.5, 0.6) is 0 Å². The van der Waals surface area contributed by atoms with Crippen LogP contribution >= 0.6 is 0 Å². The third-order valence-corrected chi connectivity index (χ3v) is 5.03. The van der Waals surface area contributed by atoms with Crippen molar-refractivity contribution in [3.63, 3.8) is 0 Å². The minimum atomic E-state index is -0.164. The minimum absolute atomic E-state index is 0.106. The number of carbonyl (C=O) groups is 1. The number of anilines is 4. The number of pyridine rings is 1. The van der Waals surface area contributed by atoms with Gasteiger partial charge in [-0.25, -0.2) is 9.78 Å². The second-order valence-electron chi connectivity index (χ2n) is 6.81. The van der Waals surface area contributed by atoms with Crippen molar-refractivity contribution < 1.29 is 9.90 Å². The van der Waals surface area contributed by atoms with Crippen LogP contribution in [-0.2, 0) is 6.54 Å². The number of aliphatic hydroxyl groups is 1. The van der Waals surface area contributed by atoms with Crippen molar-refractivity contribution in [2.24, 2.45) is 0 Å². The van der Waals surface area contributed by atoms with E-state index in [4.69, 9.17) is 0 Å². The molecule has 0 bridgehead atoms. The van der Waals surface area contributed by atoms with E-state index < -0.39 is 0 Å². The predicted molar refractivity (Wildman–Crippen MR) is 102 cm³/mol.